The zero-order chi connectivity index (χ0) is 13.1. The SMILES string of the molecule is COc1cncc(C(=O)c2cc(C)cc(F)c2)c1. The van der Waals surface area contributed by atoms with Crippen LogP contribution in [0.2, 0.25) is 0 Å². The molecule has 0 unspecified atom stereocenters. The molecule has 0 fully saturated rings. The van der Waals surface area contributed by atoms with Crippen LogP contribution in [-0.4, -0.2) is 17.9 Å². The van der Waals surface area contributed by atoms with Crippen LogP contribution in [0, 0.1) is 12.7 Å². The van der Waals surface area contributed by atoms with Gasteiger partial charge < -0.3 is 4.74 Å². The Kier molecular flexibility index (Phi) is 3.37. The van der Waals surface area contributed by atoms with Gasteiger partial charge in [0.05, 0.1) is 13.3 Å². The topological polar surface area (TPSA) is 39.2 Å². The van der Waals surface area contributed by atoms with E-state index in [1.165, 1.54) is 31.6 Å². The molecule has 0 spiro atoms. The minimum atomic E-state index is -0.422. The largest absolute Gasteiger partial charge is 0.495 e. The zero-order valence-electron chi connectivity index (χ0n) is 10.1. The summed E-state index contributed by atoms with van der Waals surface area (Å²) in [5, 5.41) is 0. The summed E-state index contributed by atoms with van der Waals surface area (Å²) in [6.07, 6.45) is 2.94. The van der Waals surface area contributed by atoms with E-state index >= 15 is 0 Å². The number of pyridine rings is 1. The summed E-state index contributed by atoms with van der Waals surface area (Å²) in [5.74, 6) is -0.202. The van der Waals surface area contributed by atoms with Crippen LogP contribution in [0.5, 0.6) is 5.75 Å². The molecule has 4 heteroatoms. The predicted molar refractivity (Wildman–Crippen MR) is 65.4 cm³/mol. The second kappa shape index (κ2) is 4.96. The highest BCUT2D eigenvalue weighted by Gasteiger charge is 2.12. The van der Waals surface area contributed by atoms with E-state index in [2.05, 4.69) is 4.98 Å². The fourth-order valence-corrected chi connectivity index (χ4v) is 1.69. The van der Waals surface area contributed by atoms with Gasteiger partial charge in [-0.05, 0) is 36.8 Å². The van der Waals surface area contributed by atoms with Gasteiger partial charge >= 0.3 is 0 Å². The quantitative estimate of drug-likeness (QED) is 0.780. The van der Waals surface area contributed by atoms with Crippen molar-refractivity contribution < 1.29 is 13.9 Å². The van der Waals surface area contributed by atoms with Gasteiger partial charge in [-0.25, -0.2) is 4.39 Å². The number of hydrogen-bond acceptors (Lipinski definition) is 3. The van der Waals surface area contributed by atoms with Crippen molar-refractivity contribution >= 4 is 5.78 Å². The molecule has 0 atom stereocenters. The summed E-state index contributed by atoms with van der Waals surface area (Å²) >= 11 is 0. The van der Waals surface area contributed by atoms with E-state index in [-0.39, 0.29) is 5.78 Å². The van der Waals surface area contributed by atoms with E-state index in [0.717, 1.165) is 0 Å². The molecule has 0 bridgehead atoms. The minimum Gasteiger partial charge on any atom is -0.495 e. The summed E-state index contributed by atoms with van der Waals surface area (Å²) in [5.41, 5.74) is 1.39. The first-order chi connectivity index (χ1) is 8.60. The average Bonchev–Trinajstić information content (AvgIpc) is 2.37. The van der Waals surface area contributed by atoms with Crippen LogP contribution in [0.1, 0.15) is 21.5 Å². The smallest absolute Gasteiger partial charge is 0.194 e. The molecule has 18 heavy (non-hydrogen) atoms. The Morgan fingerprint density at radius 3 is 2.61 bits per heavy atom. The van der Waals surface area contributed by atoms with Gasteiger partial charge in [-0.1, -0.05) is 0 Å². The fourth-order valence-electron chi connectivity index (χ4n) is 1.69. The lowest BCUT2D eigenvalue weighted by atomic mass is 10.0. The number of methoxy groups -OCH3 is 1. The molecular weight excluding hydrogens is 233 g/mol. The Hall–Kier alpha value is -2.23. The van der Waals surface area contributed by atoms with Crippen LogP contribution in [0.4, 0.5) is 4.39 Å². The van der Waals surface area contributed by atoms with Crippen molar-refractivity contribution in [2.75, 3.05) is 7.11 Å². The normalized spacial score (nSPS) is 10.2. The van der Waals surface area contributed by atoms with Crippen molar-refractivity contribution in [3.05, 3.63) is 59.2 Å². The van der Waals surface area contributed by atoms with Gasteiger partial charge in [0.2, 0.25) is 0 Å². The van der Waals surface area contributed by atoms with E-state index in [1.54, 1.807) is 19.1 Å². The molecule has 3 nitrogen and oxygen atoms in total. The van der Waals surface area contributed by atoms with Gasteiger partial charge in [-0.15, -0.1) is 0 Å². The Morgan fingerprint density at radius 2 is 1.94 bits per heavy atom. The molecule has 1 aromatic heterocycles. The maximum atomic E-state index is 13.3. The number of hydrogen-bond donors (Lipinski definition) is 0. The number of carbonyl (C=O) groups is 1. The van der Waals surface area contributed by atoms with E-state index in [1.807, 2.05) is 0 Å². The first-order valence-electron chi connectivity index (χ1n) is 5.41. The van der Waals surface area contributed by atoms with Gasteiger partial charge in [0.15, 0.2) is 5.78 Å². The number of ketones is 1. The lowest BCUT2D eigenvalue weighted by Crippen LogP contribution is -2.03. The second-order valence-corrected chi connectivity index (χ2v) is 3.96. The Labute approximate surface area is 104 Å². The standard InChI is InChI=1S/C14H12FNO2/c1-9-3-10(5-12(15)4-9)14(17)11-6-13(18-2)8-16-7-11/h3-8H,1-2H3. The van der Waals surface area contributed by atoms with Crippen LogP contribution < -0.4 is 4.74 Å². The maximum Gasteiger partial charge on any atom is 0.194 e. The van der Waals surface area contributed by atoms with Crippen LogP contribution in [-0.2, 0) is 0 Å². The monoisotopic (exact) mass is 245 g/mol. The van der Waals surface area contributed by atoms with Crippen LogP contribution in [0.15, 0.2) is 36.7 Å². The Balaban J connectivity index is 2.41. The highest BCUT2D eigenvalue weighted by Crippen LogP contribution is 2.16. The van der Waals surface area contributed by atoms with Crippen molar-refractivity contribution in [3.63, 3.8) is 0 Å². The van der Waals surface area contributed by atoms with E-state index in [9.17, 15) is 9.18 Å². The third-order valence-electron chi connectivity index (χ3n) is 2.52. The zero-order valence-corrected chi connectivity index (χ0v) is 10.1. The fraction of sp³-hybridized carbons (Fsp3) is 0.143. The average molecular weight is 245 g/mol. The van der Waals surface area contributed by atoms with Crippen LogP contribution >= 0.6 is 0 Å². The molecule has 2 rings (SSSR count). The predicted octanol–water partition coefficient (Wildman–Crippen LogP) is 2.77. The molecular formula is C14H12FNO2. The maximum absolute atomic E-state index is 13.3. The van der Waals surface area contributed by atoms with Crippen molar-refractivity contribution in [2.45, 2.75) is 6.92 Å². The number of carbonyl (C=O) groups excluding carboxylic acids is 1. The van der Waals surface area contributed by atoms with Crippen molar-refractivity contribution in [1.29, 1.82) is 0 Å². The molecule has 0 radical (unpaired) electrons. The summed E-state index contributed by atoms with van der Waals surface area (Å²) in [6, 6.07) is 5.82. The molecule has 0 N–H and O–H groups in total. The third kappa shape index (κ3) is 2.53. The summed E-state index contributed by atoms with van der Waals surface area (Å²) < 4.78 is 18.3. The number of aryl methyl sites for hydroxylation is 1. The molecule has 1 aromatic carbocycles. The van der Waals surface area contributed by atoms with Gasteiger partial charge in [0.25, 0.3) is 0 Å². The van der Waals surface area contributed by atoms with Gasteiger partial charge in [-0.2, -0.15) is 0 Å². The molecule has 0 aliphatic rings. The van der Waals surface area contributed by atoms with Crippen LogP contribution in [0.3, 0.4) is 0 Å². The van der Waals surface area contributed by atoms with Crippen molar-refractivity contribution in [3.8, 4) is 5.75 Å². The lowest BCUT2D eigenvalue weighted by molar-refractivity contribution is 0.103. The number of nitrogens with zero attached hydrogens (tertiary/aromatic N) is 1. The van der Waals surface area contributed by atoms with Crippen LogP contribution in [0.25, 0.3) is 0 Å². The molecule has 0 amide bonds. The van der Waals surface area contributed by atoms with Crippen molar-refractivity contribution in [2.24, 2.45) is 0 Å². The molecule has 0 aliphatic heterocycles. The highest BCUT2D eigenvalue weighted by atomic mass is 19.1. The van der Waals surface area contributed by atoms with E-state index in [4.69, 9.17) is 4.74 Å². The highest BCUT2D eigenvalue weighted by molar-refractivity contribution is 6.09. The summed E-state index contributed by atoms with van der Waals surface area (Å²) in [6.45, 7) is 1.74. The van der Waals surface area contributed by atoms with Gasteiger partial charge in [0.1, 0.15) is 11.6 Å². The minimum absolute atomic E-state index is 0.274. The molecule has 2 aromatic rings. The number of benzene rings is 1. The number of aromatic nitrogens is 1. The number of ether oxygens (including phenoxy) is 1. The molecule has 92 valence electrons. The van der Waals surface area contributed by atoms with Gasteiger partial charge in [-0.3, -0.25) is 9.78 Å². The molecule has 0 saturated carbocycles. The van der Waals surface area contributed by atoms with Gasteiger partial charge in [0, 0.05) is 17.3 Å². The first-order valence-corrected chi connectivity index (χ1v) is 5.41. The molecule has 1 heterocycles. The summed E-state index contributed by atoms with van der Waals surface area (Å²) in [7, 11) is 1.50. The molecule has 0 saturated heterocycles. The van der Waals surface area contributed by atoms with Crippen molar-refractivity contribution in [1.82, 2.24) is 4.98 Å². The van der Waals surface area contributed by atoms with E-state index < -0.39 is 5.82 Å². The second-order valence-electron chi connectivity index (χ2n) is 3.96. The molecule has 0 aliphatic carbocycles. The lowest BCUT2D eigenvalue weighted by Gasteiger charge is -2.04. The Bertz CT molecular complexity index is 576. The summed E-state index contributed by atoms with van der Waals surface area (Å²) in [4.78, 5) is 16.1. The number of rotatable bonds is 3. The third-order valence-corrected chi connectivity index (χ3v) is 2.52. The Morgan fingerprint density at radius 1 is 1.17 bits per heavy atom. The van der Waals surface area contributed by atoms with E-state index in [0.29, 0.717) is 22.4 Å². The first kappa shape index (κ1) is 12.2. The number of halogens is 1.